The summed E-state index contributed by atoms with van der Waals surface area (Å²) in [6, 6.07) is 9.17. The summed E-state index contributed by atoms with van der Waals surface area (Å²) in [7, 11) is -1.85. The second-order valence-electron chi connectivity index (χ2n) is 6.88. The van der Waals surface area contributed by atoms with E-state index in [2.05, 4.69) is 15.1 Å². The molecule has 158 valence electrons. The number of hydrogen-bond donors (Lipinski definition) is 2. The highest BCUT2D eigenvalue weighted by molar-refractivity contribution is 7.92. The van der Waals surface area contributed by atoms with E-state index in [1.165, 1.54) is 16.9 Å². The number of halogens is 2. The number of aromatic nitrogens is 2. The zero-order valence-corrected chi connectivity index (χ0v) is 17.3. The van der Waals surface area contributed by atoms with Gasteiger partial charge in [-0.1, -0.05) is 12.1 Å². The van der Waals surface area contributed by atoms with Crippen molar-refractivity contribution < 1.29 is 22.0 Å². The average molecular weight is 434 g/mol. The molecule has 0 bridgehead atoms. The minimum atomic E-state index is -3.44. The fourth-order valence-corrected chi connectivity index (χ4v) is 3.53. The number of carbonyl (C=O) groups is 1. The van der Waals surface area contributed by atoms with Gasteiger partial charge in [0.2, 0.25) is 10.0 Å². The van der Waals surface area contributed by atoms with Gasteiger partial charge in [0.1, 0.15) is 17.3 Å². The van der Waals surface area contributed by atoms with E-state index >= 15 is 0 Å². The first kappa shape index (κ1) is 21.4. The molecule has 0 aliphatic heterocycles. The molecule has 30 heavy (non-hydrogen) atoms. The maximum absolute atomic E-state index is 14.2. The predicted octanol–water partition coefficient (Wildman–Crippen LogP) is 3.23. The van der Waals surface area contributed by atoms with Gasteiger partial charge in [-0.15, -0.1) is 0 Å². The van der Waals surface area contributed by atoms with Gasteiger partial charge in [-0.05, 0) is 36.8 Å². The summed E-state index contributed by atoms with van der Waals surface area (Å²) in [6.45, 7) is 1.73. The summed E-state index contributed by atoms with van der Waals surface area (Å²) >= 11 is 0. The smallest absolute Gasteiger partial charge is 0.255 e. The van der Waals surface area contributed by atoms with Crippen molar-refractivity contribution in [1.29, 1.82) is 0 Å². The molecule has 0 aliphatic rings. The predicted molar refractivity (Wildman–Crippen MR) is 109 cm³/mol. The van der Waals surface area contributed by atoms with Gasteiger partial charge in [0, 0.05) is 30.6 Å². The Morgan fingerprint density at radius 3 is 2.57 bits per heavy atom. The van der Waals surface area contributed by atoms with E-state index < -0.39 is 33.6 Å². The van der Waals surface area contributed by atoms with Crippen molar-refractivity contribution in [2.45, 2.75) is 13.0 Å². The van der Waals surface area contributed by atoms with Crippen LogP contribution in [0.15, 0.2) is 48.7 Å². The summed E-state index contributed by atoms with van der Waals surface area (Å²) in [5.41, 5.74) is 1.25. The van der Waals surface area contributed by atoms with Crippen molar-refractivity contribution in [3.63, 3.8) is 0 Å². The molecule has 1 amide bonds. The van der Waals surface area contributed by atoms with Crippen LogP contribution in [0.1, 0.15) is 28.9 Å². The fraction of sp³-hybridized carbons (Fsp3) is 0.200. The first-order valence-corrected chi connectivity index (χ1v) is 10.8. The number of benzene rings is 2. The zero-order valence-electron chi connectivity index (χ0n) is 16.5. The summed E-state index contributed by atoms with van der Waals surface area (Å²) in [6.07, 6.45) is 2.49. The first-order valence-electron chi connectivity index (χ1n) is 8.91. The number of nitrogens with one attached hydrogen (secondary N) is 2. The van der Waals surface area contributed by atoms with Crippen LogP contribution in [0.4, 0.5) is 14.5 Å². The molecule has 1 unspecified atom stereocenters. The van der Waals surface area contributed by atoms with Gasteiger partial charge in [0.15, 0.2) is 0 Å². The van der Waals surface area contributed by atoms with Gasteiger partial charge >= 0.3 is 0 Å². The highest BCUT2D eigenvalue weighted by Gasteiger charge is 2.21. The van der Waals surface area contributed by atoms with Gasteiger partial charge in [0.25, 0.3) is 5.91 Å². The minimum absolute atomic E-state index is 0.00847. The van der Waals surface area contributed by atoms with Crippen LogP contribution < -0.4 is 10.0 Å². The molecule has 0 spiro atoms. The summed E-state index contributed by atoms with van der Waals surface area (Å²) in [5.74, 6) is -2.06. The Balaban J connectivity index is 1.86. The first-order chi connectivity index (χ1) is 14.0. The third kappa shape index (κ3) is 5.01. The fourth-order valence-electron chi connectivity index (χ4n) is 2.98. The van der Waals surface area contributed by atoms with Crippen molar-refractivity contribution in [3.8, 4) is 11.3 Å². The van der Waals surface area contributed by atoms with Gasteiger partial charge in [-0.2, -0.15) is 5.10 Å². The lowest BCUT2D eigenvalue weighted by atomic mass is 10.0. The van der Waals surface area contributed by atoms with E-state index in [0.717, 1.165) is 18.4 Å². The molecular weight excluding hydrogens is 414 g/mol. The van der Waals surface area contributed by atoms with E-state index in [1.54, 1.807) is 38.2 Å². The molecule has 3 aromatic rings. The minimum Gasteiger partial charge on any atom is -0.345 e. The molecule has 0 saturated heterocycles. The van der Waals surface area contributed by atoms with E-state index in [1.807, 2.05) is 0 Å². The highest BCUT2D eigenvalue weighted by atomic mass is 32.2. The van der Waals surface area contributed by atoms with Gasteiger partial charge < -0.3 is 5.32 Å². The molecule has 1 heterocycles. The van der Waals surface area contributed by atoms with Crippen molar-refractivity contribution in [2.75, 3.05) is 11.0 Å². The molecule has 10 heteroatoms. The summed E-state index contributed by atoms with van der Waals surface area (Å²) < 4.78 is 54.1. The topological polar surface area (TPSA) is 93.1 Å². The monoisotopic (exact) mass is 434 g/mol. The molecule has 2 aromatic carbocycles. The zero-order chi connectivity index (χ0) is 22.1. The number of amides is 1. The number of rotatable bonds is 6. The van der Waals surface area contributed by atoms with Crippen LogP contribution in [0.25, 0.3) is 11.3 Å². The molecule has 0 fully saturated rings. The van der Waals surface area contributed by atoms with Crippen LogP contribution in [0.2, 0.25) is 0 Å². The Bertz CT molecular complexity index is 1210. The Kier molecular flexibility index (Phi) is 5.88. The Morgan fingerprint density at radius 1 is 1.17 bits per heavy atom. The molecule has 7 nitrogen and oxygen atoms in total. The maximum Gasteiger partial charge on any atom is 0.255 e. The van der Waals surface area contributed by atoms with Crippen LogP contribution in [0, 0.1) is 11.6 Å². The largest absolute Gasteiger partial charge is 0.345 e. The van der Waals surface area contributed by atoms with Crippen molar-refractivity contribution in [3.05, 3.63) is 71.4 Å². The van der Waals surface area contributed by atoms with Crippen molar-refractivity contribution >= 4 is 21.6 Å². The Labute approximate surface area is 172 Å². The summed E-state index contributed by atoms with van der Waals surface area (Å²) in [5, 5.41) is 6.93. The van der Waals surface area contributed by atoms with E-state index in [4.69, 9.17) is 0 Å². The summed E-state index contributed by atoms with van der Waals surface area (Å²) in [4.78, 5) is 12.9. The molecule has 0 aliphatic carbocycles. The molecule has 1 atom stereocenters. The molecule has 3 rings (SSSR count). The standard InChI is InChI=1S/C20H20F2N4O3S/c1-12(13-5-4-6-15(9-13)25-30(3,28)29)23-20(27)17-11-26(2)24-19(17)16-8-7-14(21)10-18(16)22/h4-12,25H,1-3H3,(H,23,27). The van der Waals surface area contributed by atoms with Gasteiger partial charge in [0.05, 0.1) is 17.9 Å². The Hall–Kier alpha value is -3.27. The van der Waals surface area contributed by atoms with E-state index in [9.17, 15) is 22.0 Å². The lowest BCUT2D eigenvalue weighted by Gasteiger charge is -2.16. The van der Waals surface area contributed by atoms with Crippen LogP contribution in [-0.2, 0) is 17.1 Å². The number of sulfonamides is 1. The molecule has 1 aromatic heterocycles. The third-order valence-electron chi connectivity index (χ3n) is 4.30. The van der Waals surface area contributed by atoms with Gasteiger partial charge in [-0.3, -0.25) is 14.2 Å². The van der Waals surface area contributed by atoms with Crippen molar-refractivity contribution in [2.24, 2.45) is 7.05 Å². The van der Waals surface area contributed by atoms with Crippen LogP contribution in [-0.4, -0.2) is 30.4 Å². The number of nitrogens with zero attached hydrogens (tertiary/aromatic N) is 2. The van der Waals surface area contributed by atoms with Crippen LogP contribution in [0.3, 0.4) is 0 Å². The quantitative estimate of drug-likeness (QED) is 0.623. The third-order valence-corrected chi connectivity index (χ3v) is 4.90. The van der Waals surface area contributed by atoms with E-state index in [0.29, 0.717) is 11.3 Å². The number of anilines is 1. The highest BCUT2D eigenvalue weighted by Crippen LogP contribution is 2.26. The Morgan fingerprint density at radius 2 is 1.90 bits per heavy atom. The SMILES string of the molecule is CC(NC(=O)c1cn(C)nc1-c1ccc(F)cc1F)c1cccc(NS(C)(=O)=O)c1. The van der Waals surface area contributed by atoms with Crippen LogP contribution >= 0.6 is 0 Å². The average Bonchev–Trinajstić information content (AvgIpc) is 3.02. The van der Waals surface area contributed by atoms with Crippen LogP contribution in [0.5, 0.6) is 0 Å². The second-order valence-corrected chi connectivity index (χ2v) is 8.63. The normalized spacial score (nSPS) is 12.4. The molecule has 2 N–H and O–H groups in total. The maximum atomic E-state index is 14.2. The molecule has 0 radical (unpaired) electrons. The molecule has 0 saturated carbocycles. The lowest BCUT2D eigenvalue weighted by molar-refractivity contribution is 0.0940. The number of carbonyl (C=O) groups excluding carboxylic acids is 1. The number of hydrogen-bond acceptors (Lipinski definition) is 4. The van der Waals surface area contributed by atoms with Gasteiger partial charge in [-0.25, -0.2) is 17.2 Å². The van der Waals surface area contributed by atoms with Crippen molar-refractivity contribution in [1.82, 2.24) is 15.1 Å². The molecular formula is C20H20F2N4O3S. The second kappa shape index (κ2) is 8.23. The lowest BCUT2D eigenvalue weighted by Crippen LogP contribution is -2.27. The number of aryl methyl sites for hydroxylation is 1. The van der Waals surface area contributed by atoms with E-state index in [-0.39, 0.29) is 16.8 Å².